The Bertz CT molecular complexity index is 2200. The second-order valence-electron chi connectivity index (χ2n) is 29.0. The molecule has 0 unspecified atom stereocenters. The molecule has 0 bridgehead atoms. The van der Waals surface area contributed by atoms with Crippen LogP contribution in [0, 0.1) is 34.5 Å². The fourth-order valence-corrected chi connectivity index (χ4v) is 15.4. The van der Waals surface area contributed by atoms with E-state index < -0.39 is 100 Å². The van der Waals surface area contributed by atoms with Gasteiger partial charge in [0.2, 0.25) is 0 Å². The van der Waals surface area contributed by atoms with Gasteiger partial charge in [-0.25, -0.2) is 0 Å². The molecule has 19 atom stereocenters. The van der Waals surface area contributed by atoms with E-state index in [-0.39, 0.29) is 68.3 Å². The standard InChI is InChI=1S/C65H120N8O14/c1-21-70-27-29-72(30-28-70)38-48-40-83-61(79)63(10,55(77)46(7)57(64(11,80-19)33-42(3)36-69(48)18)87-59-53(75)51(67(15)16)32-44(5)85-59)34-47-35-65(12,81-20)56(86-58-52(74)50(66(13)14)31-43(4)84-58)45(6)54(76)62(8,9)60(78)82-41-49(73(22-2)37-47)39-71-25-23-68(17)24-26-71/h42-53,56-59,74-75H,21-41H2,1-20H3/t42-,43-,44-,45+,46+,47-,48-,49-,50+,51+,52-,53-,56-,57-,58+,59+,63+,64-,65-/m1/s1. The van der Waals surface area contributed by atoms with Crippen LogP contribution in [0.25, 0.3) is 0 Å². The summed E-state index contributed by atoms with van der Waals surface area (Å²) < 4.78 is 53.5. The smallest absolute Gasteiger partial charge is 0.319 e. The normalized spacial score (nSPS) is 41.0. The first kappa shape index (κ1) is 73.7. The summed E-state index contributed by atoms with van der Waals surface area (Å²) in [4.78, 5) is 80.7. The highest BCUT2D eigenvalue weighted by atomic mass is 16.7. The molecule has 6 aliphatic rings. The molecule has 0 spiro atoms. The lowest BCUT2D eigenvalue weighted by molar-refractivity contribution is -0.296. The Labute approximate surface area is 523 Å². The molecule has 0 amide bonds. The number of hydrogen-bond donors (Lipinski definition) is 2. The Hall–Kier alpha value is -2.36. The van der Waals surface area contributed by atoms with E-state index in [1.165, 1.54) is 0 Å². The maximum absolute atomic E-state index is 16.7. The van der Waals surface area contributed by atoms with Crippen LogP contribution in [0.2, 0.25) is 0 Å². The van der Waals surface area contributed by atoms with Gasteiger partial charge in [0.1, 0.15) is 36.3 Å². The Morgan fingerprint density at radius 2 is 1.03 bits per heavy atom. The van der Waals surface area contributed by atoms with Crippen molar-refractivity contribution in [2.24, 2.45) is 34.5 Å². The van der Waals surface area contributed by atoms with Crippen molar-refractivity contribution < 1.29 is 67.3 Å². The van der Waals surface area contributed by atoms with Gasteiger partial charge in [-0.05, 0) is 148 Å². The monoisotopic (exact) mass is 1240 g/mol. The molecular formula is C65H120N8O14. The molecular weight excluding hydrogens is 1120 g/mol. The van der Waals surface area contributed by atoms with Gasteiger partial charge in [-0.1, -0.05) is 34.6 Å². The van der Waals surface area contributed by atoms with Crippen LogP contribution in [0.4, 0.5) is 0 Å². The van der Waals surface area contributed by atoms with Crippen molar-refractivity contribution in [2.45, 2.75) is 200 Å². The second-order valence-corrected chi connectivity index (χ2v) is 29.0. The predicted octanol–water partition coefficient (Wildman–Crippen LogP) is 3.27. The fourth-order valence-electron chi connectivity index (χ4n) is 15.4. The van der Waals surface area contributed by atoms with E-state index in [4.69, 9.17) is 37.9 Å². The molecule has 0 saturated carbocycles. The van der Waals surface area contributed by atoms with Crippen LogP contribution in [0.5, 0.6) is 0 Å². The Morgan fingerprint density at radius 1 is 0.586 bits per heavy atom. The van der Waals surface area contributed by atoms with Gasteiger partial charge < -0.3 is 67.7 Å². The summed E-state index contributed by atoms with van der Waals surface area (Å²) in [6.07, 6.45) is -5.74. The number of carbonyl (C=O) groups excluding carboxylic acids is 4. The molecule has 0 aliphatic carbocycles. The number of aliphatic hydroxyl groups excluding tert-OH is 2. The zero-order valence-corrected chi connectivity index (χ0v) is 57.5. The van der Waals surface area contributed by atoms with Gasteiger partial charge >= 0.3 is 11.9 Å². The minimum Gasteiger partial charge on any atom is -0.463 e. The third kappa shape index (κ3) is 17.9. The number of likely N-dealkylation sites (N-methyl/N-ethyl adjacent to an activating group) is 6. The van der Waals surface area contributed by atoms with Gasteiger partial charge in [0.15, 0.2) is 24.1 Å². The van der Waals surface area contributed by atoms with E-state index in [2.05, 4.69) is 64.3 Å². The predicted molar refractivity (Wildman–Crippen MR) is 334 cm³/mol. The van der Waals surface area contributed by atoms with E-state index in [0.717, 1.165) is 58.9 Å². The third-order valence-corrected chi connectivity index (χ3v) is 21.1. The van der Waals surface area contributed by atoms with Gasteiger partial charge in [-0.15, -0.1) is 0 Å². The van der Waals surface area contributed by atoms with Crippen molar-refractivity contribution in [3.8, 4) is 0 Å². The Kier molecular flexibility index (Phi) is 26.7. The number of aliphatic hydroxyl groups is 2. The van der Waals surface area contributed by atoms with Crippen molar-refractivity contribution in [3.05, 3.63) is 0 Å². The third-order valence-electron chi connectivity index (χ3n) is 21.1. The van der Waals surface area contributed by atoms with Gasteiger partial charge in [-0.3, -0.25) is 38.8 Å². The number of piperazine rings is 2. The highest BCUT2D eigenvalue weighted by Gasteiger charge is 2.57. The zero-order chi connectivity index (χ0) is 64.7. The van der Waals surface area contributed by atoms with Crippen LogP contribution in [0.15, 0.2) is 0 Å². The summed E-state index contributed by atoms with van der Waals surface area (Å²) in [7, 11) is 15.0. The number of ketones is 2. The van der Waals surface area contributed by atoms with E-state index in [1.807, 2.05) is 65.7 Å². The summed E-state index contributed by atoms with van der Waals surface area (Å²) in [6.45, 7) is 33.1. The van der Waals surface area contributed by atoms with E-state index in [0.29, 0.717) is 52.0 Å². The van der Waals surface area contributed by atoms with Gasteiger partial charge in [0, 0.05) is 117 Å². The van der Waals surface area contributed by atoms with E-state index >= 15 is 14.4 Å². The first-order chi connectivity index (χ1) is 40.7. The second kappa shape index (κ2) is 31.5. The molecule has 0 radical (unpaired) electrons. The van der Waals surface area contributed by atoms with E-state index in [9.17, 15) is 15.0 Å². The van der Waals surface area contributed by atoms with Crippen molar-refractivity contribution in [2.75, 3.05) is 161 Å². The number of cyclic esters (lactones) is 2. The average Bonchev–Trinajstić information content (AvgIpc) is 2.72. The topological polar surface area (TPSA) is 208 Å². The van der Waals surface area contributed by atoms with Crippen LogP contribution in [-0.2, 0) is 57.1 Å². The molecule has 22 nitrogen and oxygen atoms in total. The van der Waals surface area contributed by atoms with Crippen molar-refractivity contribution in [3.63, 3.8) is 0 Å². The first-order valence-electron chi connectivity index (χ1n) is 32.9. The molecule has 0 aromatic carbocycles. The highest BCUT2D eigenvalue weighted by Crippen LogP contribution is 2.45. The average molecular weight is 1240 g/mol. The molecule has 6 saturated heterocycles. The lowest BCUT2D eigenvalue weighted by atomic mass is 9.67. The number of esters is 2. The minimum atomic E-state index is -1.88. The summed E-state index contributed by atoms with van der Waals surface area (Å²) >= 11 is 0. The van der Waals surface area contributed by atoms with Crippen molar-refractivity contribution in [1.82, 2.24) is 39.2 Å². The number of nitrogens with zero attached hydrogens (tertiary/aromatic N) is 8. The molecule has 87 heavy (non-hydrogen) atoms. The molecule has 22 heteroatoms. The minimum absolute atomic E-state index is 0.00127. The van der Waals surface area contributed by atoms with Gasteiger partial charge in [-0.2, -0.15) is 0 Å². The maximum atomic E-state index is 16.7. The Morgan fingerprint density at radius 3 is 1.52 bits per heavy atom. The molecule has 504 valence electrons. The number of Topliss-reactive ketones (excluding diaryl/α,β-unsaturated/α-hetero) is 2. The molecule has 6 rings (SSSR count). The Balaban J connectivity index is 1.55. The number of ether oxygens (including phenoxy) is 8. The number of carbonyl (C=O) groups is 4. The van der Waals surface area contributed by atoms with Gasteiger partial charge in [0.25, 0.3) is 0 Å². The fraction of sp³-hybridized carbons (Fsp3) is 0.938. The van der Waals surface area contributed by atoms with Crippen LogP contribution in [-0.4, -0.2) is 319 Å². The first-order valence-corrected chi connectivity index (χ1v) is 32.9. The van der Waals surface area contributed by atoms with Crippen LogP contribution >= 0.6 is 0 Å². The van der Waals surface area contributed by atoms with Crippen LogP contribution in [0.3, 0.4) is 0 Å². The largest absolute Gasteiger partial charge is 0.463 e. The zero-order valence-electron chi connectivity index (χ0n) is 57.5. The van der Waals surface area contributed by atoms with Crippen molar-refractivity contribution in [1.29, 1.82) is 0 Å². The summed E-state index contributed by atoms with van der Waals surface area (Å²) in [5, 5.41) is 24.2. The summed E-state index contributed by atoms with van der Waals surface area (Å²) in [6, 6.07) is -1.26. The summed E-state index contributed by atoms with van der Waals surface area (Å²) in [5.74, 6) is -4.89. The number of rotatable bonds is 16. The van der Waals surface area contributed by atoms with Crippen LogP contribution < -0.4 is 0 Å². The highest BCUT2D eigenvalue weighted by molar-refractivity contribution is 6.05. The lowest BCUT2D eigenvalue weighted by Crippen LogP contribution is -2.60. The SMILES string of the molecule is CCN1CCN(C[C@@H]2COC(=O)[C@@](C)(C[C@H]3CN(CC)[C@H](CN4CCN(C)CC4)COC(=O)C(C)(C)C(=O)[C@H](C)[C@@H](O[C@@H]4O[C@H](C)C[C@H](N(C)C)[C@H]4O)[C@](C)(OC)C3)C(=O)[C@H](C)[C@@H](O[C@@H]3O[C@H](C)C[C@H](N(C)C)[C@H]3O)[C@](C)(OC)C[C@@H](C)CN2C)CC1. The van der Waals surface area contributed by atoms with Crippen molar-refractivity contribution >= 4 is 23.5 Å². The molecule has 6 heterocycles. The van der Waals surface area contributed by atoms with E-state index in [1.54, 1.807) is 48.8 Å². The maximum Gasteiger partial charge on any atom is 0.319 e. The van der Waals surface area contributed by atoms with Gasteiger partial charge in [0.05, 0.1) is 47.7 Å². The molecule has 2 N–H and O–H groups in total. The van der Waals surface area contributed by atoms with Crippen LogP contribution in [0.1, 0.15) is 115 Å². The summed E-state index contributed by atoms with van der Waals surface area (Å²) in [5.41, 5.74) is -6.07. The molecule has 6 aliphatic heterocycles. The molecule has 0 aromatic rings. The number of hydrogen-bond acceptors (Lipinski definition) is 22. The quantitative estimate of drug-likeness (QED) is 0.168. The molecule has 6 fully saturated rings. The number of methoxy groups -OCH3 is 2. The lowest BCUT2D eigenvalue weighted by Gasteiger charge is -2.48. The molecule has 0 aromatic heterocycles.